The molecule has 0 aromatic heterocycles. The van der Waals surface area contributed by atoms with Crippen molar-refractivity contribution in [2.75, 3.05) is 37.9 Å². The van der Waals surface area contributed by atoms with Crippen LogP contribution in [0.25, 0.3) is 0 Å². The molecule has 1 heterocycles. The Labute approximate surface area is 100 Å². The first-order valence-corrected chi connectivity index (χ1v) is 6.68. The van der Waals surface area contributed by atoms with E-state index in [0.29, 0.717) is 26.2 Å². The average Bonchev–Trinajstić information content (AvgIpc) is 2.71. The Morgan fingerprint density at radius 3 is 3.00 bits per heavy atom. The minimum atomic E-state index is -0.824. The van der Waals surface area contributed by atoms with Crippen LogP contribution in [0.4, 0.5) is 0 Å². The molecule has 1 aliphatic heterocycles. The molecule has 0 radical (unpaired) electrons. The maximum absolute atomic E-state index is 11.7. The van der Waals surface area contributed by atoms with E-state index in [0.717, 1.165) is 17.9 Å². The van der Waals surface area contributed by atoms with Crippen LogP contribution in [-0.2, 0) is 9.53 Å². The summed E-state index contributed by atoms with van der Waals surface area (Å²) in [7, 11) is 0. The molecule has 0 spiro atoms. The van der Waals surface area contributed by atoms with Crippen molar-refractivity contribution >= 4 is 17.7 Å². The van der Waals surface area contributed by atoms with Crippen molar-refractivity contribution in [3.63, 3.8) is 0 Å². The first-order chi connectivity index (χ1) is 7.69. The van der Waals surface area contributed by atoms with Crippen molar-refractivity contribution in [1.29, 1.82) is 0 Å². The number of nitrogens with two attached hydrogens (primary N) is 1. The third-order valence-electron chi connectivity index (χ3n) is 2.48. The standard InChI is InChI=1S/C10H20N2O3S/c11-10(2-5-15-8-10)9(14)12-3-7-16-6-1-4-13/h13H,1-8,11H2,(H,12,14). The molecule has 1 fully saturated rings. The van der Waals surface area contributed by atoms with Crippen LogP contribution < -0.4 is 11.1 Å². The number of thioether (sulfide) groups is 1. The van der Waals surface area contributed by atoms with Gasteiger partial charge in [0.05, 0.1) is 6.61 Å². The summed E-state index contributed by atoms with van der Waals surface area (Å²) in [4.78, 5) is 11.7. The highest BCUT2D eigenvalue weighted by molar-refractivity contribution is 7.99. The molecule has 1 saturated heterocycles. The number of carbonyl (C=O) groups excluding carboxylic acids is 1. The lowest BCUT2D eigenvalue weighted by molar-refractivity contribution is -0.126. The van der Waals surface area contributed by atoms with E-state index in [2.05, 4.69) is 5.32 Å². The van der Waals surface area contributed by atoms with E-state index in [-0.39, 0.29) is 12.5 Å². The lowest BCUT2D eigenvalue weighted by Crippen LogP contribution is -2.54. The Morgan fingerprint density at radius 2 is 2.38 bits per heavy atom. The molecule has 1 amide bonds. The van der Waals surface area contributed by atoms with Crippen molar-refractivity contribution < 1.29 is 14.6 Å². The maximum atomic E-state index is 11.7. The van der Waals surface area contributed by atoms with Gasteiger partial charge in [0, 0.05) is 25.5 Å². The Balaban J connectivity index is 2.06. The first kappa shape index (κ1) is 13.8. The molecule has 6 heteroatoms. The smallest absolute Gasteiger partial charge is 0.242 e. The van der Waals surface area contributed by atoms with E-state index in [1.54, 1.807) is 11.8 Å². The fourth-order valence-electron chi connectivity index (χ4n) is 1.44. The van der Waals surface area contributed by atoms with Gasteiger partial charge in [-0.05, 0) is 18.6 Å². The van der Waals surface area contributed by atoms with Crippen LogP contribution in [0.2, 0.25) is 0 Å². The minimum absolute atomic E-state index is 0.118. The van der Waals surface area contributed by atoms with Gasteiger partial charge in [0.25, 0.3) is 0 Å². The number of carbonyl (C=O) groups is 1. The van der Waals surface area contributed by atoms with Crippen molar-refractivity contribution in [2.45, 2.75) is 18.4 Å². The normalized spacial score (nSPS) is 24.6. The van der Waals surface area contributed by atoms with Gasteiger partial charge >= 0.3 is 0 Å². The number of nitrogens with one attached hydrogen (secondary N) is 1. The molecule has 0 saturated carbocycles. The van der Waals surface area contributed by atoms with E-state index in [9.17, 15) is 4.79 Å². The number of hydrogen-bond acceptors (Lipinski definition) is 5. The Hall–Kier alpha value is -0.300. The predicted molar refractivity (Wildman–Crippen MR) is 64.4 cm³/mol. The predicted octanol–water partition coefficient (Wildman–Crippen LogP) is -0.664. The molecule has 1 aliphatic rings. The third-order valence-corrected chi connectivity index (χ3v) is 3.55. The van der Waals surface area contributed by atoms with E-state index in [4.69, 9.17) is 15.6 Å². The lowest BCUT2D eigenvalue weighted by Gasteiger charge is -2.20. The summed E-state index contributed by atoms with van der Waals surface area (Å²) in [6.45, 7) is 1.72. The number of ether oxygens (including phenoxy) is 1. The Kier molecular flexibility index (Phi) is 6.12. The fraction of sp³-hybridized carbons (Fsp3) is 0.900. The van der Waals surface area contributed by atoms with Gasteiger partial charge in [-0.25, -0.2) is 0 Å². The molecule has 16 heavy (non-hydrogen) atoms. The molecule has 0 bridgehead atoms. The highest BCUT2D eigenvalue weighted by Gasteiger charge is 2.37. The van der Waals surface area contributed by atoms with Crippen LogP contribution in [0.15, 0.2) is 0 Å². The van der Waals surface area contributed by atoms with Gasteiger partial charge < -0.3 is 20.9 Å². The van der Waals surface area contributed by atoms with Crippen LogP contribution in [0.3, 0.4) is 0 Å². The largest absolute Gasteiger partial charge is 0.396 e. The first-order valence-electron chi connectivity index (χ1n) is 5.52. The van der Waals surface area contributed by atoms with Crippen LogP contribution in [-0.4, -0.2) is 54.4 Å². The minimum Gasteiger partial charge on any atom is -0.396 e. The zero-order valence-corrected chi connectivity index (χ0v) is 10.2. The number of rotatable bonds is 7. The Bertz CT molecular complexity index is 220. The van der Waals surface area contributed by atoms with Gasteiger partial charge in [-0.1, -0.05) is 0 Å². The summed E-state index contributed by atoms with van der Waals surface area (Å²) in [6, 6.07) is 0. The van der Waals surface area contributed by atoms with Crippen LogP contribution in [0.1, 0.15) is 12.8 Å². The summed E-state index contributed by atoms with van der Waals surface area (Å²) in [5.41, 5.74) is 5.06. The number of aliphatic hydroxyl groups excluding tert-OH is 1. The van der Waals surface area contributed by atoms with E-state index >= 15 is 0 Å². The van der Waals surface area contributed by atoms with Crippen molar-refractivity contribution in [1.82, 2.24) is 5.32 Å². The second kappa shape index (κ2) is 7.11. The molecule has 0 aromatic rings. The lowest BCUT2D eigenvalue weighted by atomic mass is 9.99. The summed E-state index contributed by atoms with van der Waals surface area (Å²) in [5.74, 6) is 1.65. The van der Waals surface area contributed by atoms with Gasteiger partial charge in [0.15, 0.2) is 0 Å². The van der Waals surface area contributed by atoms with Gasteiger partial charge in [0.2, 0.25) is 5.91 Å². The third kappa shape index (κ3) is 4.29. The van der Waals surface area contributed by atoms with Crippen molar-refractivity contribution in [2.24, 2.45) is 5.73 Å². The van der Waals surface area contributed by atoms with Crippen LogP contribution >= 0.6 is 11.8 Å². The summed E-state index contributed by atoms with van der Waals surface area (Å²) in [6.07, 6.45) is 1.39. The van der Waals surface area contributed by atoms with E-state index in [1.165, 1.54) is 0 Å². The summed E-state index contributed by atoms with van der Waals surface area (Å²) < 4.78 is 5.12. The molecule has 1 unspecified atom stereocenters. The second-order valence-corrected chi connectivity index (χ2v) is 5.13. The number of hydrogen-bond donors (Lipinski definition) is 3. The molecular formula is C10H20N2O3S. The van der Waals surface area contributed by atoms with Gasteiger partial charge in [0.1, 0.15) is 5.54 Å². The zero-order valence-electron chi connectivity index (χ0n) is 9.41. The average molecular weight is 248 g/mol. The number of aliphatic hydroxyl groups is 1. The van der Waals surface area contributed by atoms with E-state index < -0.39 is 5.54 Å². The molecule has 1 rings (SSSR count). The Morgan fingerprint density at radius 1 is 1.56 bits per heavy atom. The topological polar surface area (TPSA) is 84.6 Å². The van der Waals surface area contributed by atoms with Crippen molar-refractivity contribution in [3.05, 3.63) is 0 Å². The molecule has 94 valence electrons. The molecule has 0 aliphatic carbocycles. The maximum Gasteiger partial charge on any atom is 0.242 e. The molecule has 0 aromatic carbocycles. The quantitative estimate of drug-likeness (QED) is 0.521. The van der Waals surface area contributed by atoms with Gasteiger partial charge in [-0.3, -0.25) is 4.79 Å². The zero-order chi connectivity index (χ0) is 11.9. The van der Waals surface area contributed by atoms with Crippen molar-refractivity contribution in [3.8, 4) is 0 Å². The highest BCUT2D eigenvalue weighted by Crippen LogP contribution is 2.15. The highest BCUT2D eigenvalue weighted by atomic mass is 32.2. The summed E-state index contributed by atoms with van der Waals surface area (Å²) >= 11 is 1.71. The second-order valence-electron chi connectivity index (χ2n) is 3.90. The molecular weight excluding hydrogens is 228 g/mol. The molecule has 1 atom stereocenters. The van der Waals surface area contributed by atoms with Crippen LogP contribution in [0.5, 0.6) is 0 Å². The van der Waals surface area contributed by atoms with E-state index in [1.807, 2.05) is 0 Å². The van der Waals surface area contributed by atoms with Crippen LogP contribution in [0, 0.1) is 0 Å². The molecule has 5 nitrogen and oxygen atoms in total. The number of amides is 1. The summed E-state index contributed by atoms with van der Waals surface area (Å²) in [5, 5.41) is 11.4. The van der Waals surface area contributed by atoms with Gasteiger partial charge in [-0.2, -0.15) is 11.8 Å². The van der Waals surface area contributed by atoms with Gasteiger partial charge in [-0.15, -0.1) is 0 Å². The molecule has 4 N–H and O–H groups in total. The fourth-order valence-corrected chi connectivity index (χ4v) is 2.23. The monoisotopic (exact) mass is 248 g/mol. The SMILES string of the molecule is NC1(C(=O)NCCSCCCO)CCOC1.